The summed E-state index contributed by atoms with van der Waals surface area (Å²) in [6.45, 7) is 4.33. The van der Waals surface area contributed by atoms with Crippen molar-refractivity contribution in [3.05, 3.63) is 11.6 Å². The molecule has 1 nitrogen and oxygen atoms in total. The monoisotopic (exact) mass is 180 g/mol. The van der Waals surface area contributed by atoms with Gasteiger partial charge in [0.2, 0.25) is 0 Å². The van der Waals surface area contributed by atoms with E-state index in [0.29, 0.717) is 11.7 Å². The number of hydrogen-bond acceptors (Lipinski definition) is 1. The highest BCUT2D eigenvalue weighted by atomic mass is 16.1. The fourth-order valence-electron chi connectivity index (χ4n) is 1.88. The first-order valence-electron chi connectivity index (χ1n) is 5.48. The molecule has 0 radical (unpaired) electrons. The van der Waals surface area contributed by atoms with E-state index in [2.05, 4.69) is 19.9 Å². The zero-order chi connectivity index (χ0) is 9.68. The van der Waals surface area contributed by atoms with Crippen molar-refractivity contribution in [3.8, 4) is 0 Å². The summed E-state index contributed by atoms with van der Waals surface area (Å²) in [7, 11) is 0. The SMILES string of the molecule is CCCCCCC1=CC(C)CC1=O. The summed E-state index contributed by atoms with van der Waals surface area (Å²) < 4.78 is 0. The highest BCUT2D eigenvalue weighted by Crippen LogP contribution is 2.24. The number of rotatable bonds is 5. The molecular weight excluding hydrogens is 160 g/mol. The van der Waals surface area contributed by atoms with Crippen LogP contribution in [0.1, 0.15) is 52.4 Å². The summed E-state index contributed by atoms with van der Waals surface area (Å²) in [6.07, 6.45) is 8.97. The molecule has 0 saturated carbocycles. The molecule has 1 rings (SSSR count). The van der Waals surface area contributed by atoms with Gasteiger partial charge < -0.3 is 0 Å². The maximum Gasteiger partial charge on any atom is 0.159 e. The van der Waals surface area contributed by atoms with E-state index >= 15 is 0 Å². The Bertz CT molecular complexity index is 203. The molecule has 0 bridgehead atoms. The van der Waals surface area contributed by atoms with Gasteiger partial charge in [-0.25, -0.2) is 0 Å². The normalized spacial score (nSPS) is 22.2. The van der Waals surface area contributed by atoms with E-state index in [9.17, 15) is 4.79 Å². The Balaban J connectivity index is 2.21. The maximum absolute atomic E-state index is 11.4. The third kappa shape index (κ3) is 3.33. The Morgan fingerprint density at radius 1 is 1.38 bits per heavy atom. The van der Waals surface area contributed by atoms with Gasteiger partial charge in [0.05, 0.1) is 0 Å². The van der Waals surface area contributed by atoms with Gasteiger partial charge in [0.25, 0.3) is 0 Å². The first-order chi connectivity index (χ1) is 6.24. The van der Waals surface area contributed by atoms with Crippen molar-refractivity contribution in [3.63, 3.8) is 0 Å². The average molecular weight is 180 g/mol. The smallest absolute Gasteiger partial charge is 0.159 e. The number of carbonyl (C=O) groups excluding carboxylic acids is 1. The van der Waals surface area contributed by atoms with Crippen LogP contribution in [0.2, 0.25) is 0 Å². The summed E-state index contributed by atoms with van der Waals surface area (Å²) in [5, 5.41) is 0. The van der Waals surface area contributed by atoms with Crippen molar-refractivity contribution in [2.45, 2.75) is 52.4 Å². The van der Waals surface area contributed by atoms with Gasteiger partial charge in [-0.1, -0.05) is 39.2 Å². The van der Waals surface area contributed by atoms with Gasteiger partial charge in [-0.3, -0.25) is 4.79 Å². The van der Waals surface area contributed by atoms with Crippen LogP contribution in [0.3, 0.4) is 0 Å². The number of unbranched alkanes of at least 4 members (excludes halogenated alkanes) is 3. The Hall–Kier alpha value is -0.590. The van der Waals surface area contributed by atoms with E-state index in [4.69, 9.17) is 0 Å². The Kier molecular flexibility index (Phi) is 4.20. The van der Waals surface area contributed by atoms with E-state index in [1.54, 1.807) is 0 Å². The van der Waals surface area contributed by atoms with Crippen LogP contribution in [-0.2, 0) is 4.79 Å². The number of hydrogen-bond donors (Lipinski definition) is 0. The Labute approximate surface area is 81.2 Å². The molecule has 0 aromatic rings. The van der Waals surface area contributed by atoms with E-state index < -0.39 is 0 Å². The van der Waals surface area contributed by atoms with Crippen molar-refractivity contribution in [1.29, 1.82) is 0 Å². The molecule has 0 saturated heterocycles. The van der Waals surface area contributed by atoms with Gasteiger partial charge in [0.15, 0.2) is 5.78 Å². The summed E-state index contributed by atoms with van der Waals surface area (Å²) in [5.41, 5.74) is 1.10. The second kappa shape index (κ2) is 5.21. The molecule has 0 aromatic heterocycles. The molecule has 1 aliphatic rings. The van der Waals surface area contributed by atoms with Crippen molar-refractivity contribution >= 4 is 5.78 Å². The first kappa shape index (κ1) is 10.5. The number of carbonyl (C=O) groups is 1. The van der Waals surface area contributed by atoms with E-state index in [1.165, 1.54) is 25.7 Å². The number of allylic oxidation sites excluding steroid dienone is 2. The van der Waals surface area contributed by atoms with Crippen LogP contribution < -0.4 is 0 Å². The highest BCUT2D eigenvalue weighted by molar-refractivity contribution is 5.97. The molecule has 0 aromatic carbocycles. The summed E-state index contributed by atoms with van der Waals surface area (Å²) in [6, 6.07) is 0. The van der Waals surface area contributed by atoms with Crippen LogP contribution in [-0.4, -0.2) is 5.78 Å². The zero-order valence-corrected chi connectivity index (χ0v) is 8.81. The van der Waals surface area contributed by atoms with Gasteiger partial charge in [-0.2, -0.15) is 0 Å². The predicted molar refractivity (Wildman–Crippen MR) is 55.6 cm³/mol. The Morgan fingerprint density at radius 3 is 2.69 bits per heavy atom. The molecule has 0 heterocycles. The molecule has 0 N–H and O–H groups in total. The quantitative estimate of drug-likeness (QED) is 0.592. The lowest BCUT2D eigenvalue weighted by Crippen LogP contribution is -1.96. The molecule has 0 amide bonds. The Morgan fingerprint density at radius 2 is 2.15 bits per heavy atom. The lowest BCUT2D eigenvalue weighted by Gasteiger charge is -1.99. The van der Waals surface area contributed by atoms with Crippen molar-refractivity contribution in [2.75, 3.05) is 0 Å². The minimum Gasteiger partial charge on any atom is -0.295 e. The van der Waals surface area contributed by atoms with Crippen LogP contribution in [0.25, 0.3) is 0 Å². The minimum atomic E-state index is 0.393. The van der Waals surface area contributed by atoms with Gasteiger partial charge >= 0.3 is 0 Å². The number of ketones is 1. The molecule has 1 atom stereocenters. The molecule has 13 heavy (non-hydrogen) atoms. The topological polar surface area (TPSA) is 17.1 Å². The van der Waals surface area contributed by atoms with E-state index in [0.717, 1.165) is 18.4 Å². The van der Waals surface area contributed by atoms with Crippen LogP contribution >= 0.6 is 0 Å². The van der Waals surface area contributed by atoms with Crippen LogP contribution in [0.15, 0.2) is 11.6 Å². The summed E-state index contributed by atoms with van der Waals surface area (Å²) in [4.78, 5) is 11.4. The molecule has 0 fully saturated rings. The molecule has 1 unspecified atom stereocenters. The fourth-order valence-corrected chi connectivity index (χ4v) is 1.88. The number of Topliss-reactive ketones (excluding diaryl/α,β-unsaturated/α-hetero) is 1. The molecular formula is C12H20O. The van der Waals surface area contributed by atoms with Crippen LogP contribution in [0, 0.1) is 5.92 Å². The summed E-state index contributed by atoms with van der Waals surface area (Å²) >= 11 is 0. The third-order valence-electron chi connectivity index (χ3n) is 2.65. The standard InChI is InChI=1S/C12H20O/c1-3-4-5-6-7-11-8-10(2)9-12(11)13/h8,10H,3-7,9H2,1-2H3. The van der Waals surface area contributed by atoms with Gasteiger partial charge in [-0.15, -0.1) is 0 Å². The first-order valence-corrected chi connectivity index (χ1v) is 5.48. The second-order valence-electron chi connectivity index (χ2n) is 4.11. The van der Waals surface area contributed by atoms with Gasteiger partial charge in [0.1, 0.15) is 0 Å². The van der Waals surface area contributed by atoms with E-state index in [1.807, 2.05) is 0 Å². The maximum atomic E-state index is 11.4. The molecule has 0 spiro atoms. The van der Waals surface area contributed by atoms with Gasteiger partial charge in [0, 0.05) is 6.42 Å². The largest absolute Gasteiger partial charge is 0.295 e. The molecule has 1 heteroatoms. The van der Waals surface area contributed by atoms with Crippen LogP contribution in [0.4, 0.5) is 0 Å². The fraction of sp³-hybridized carbons (Fsp3) is 0.750. The zero-order valence-electron chi connectivity index (χ0n) is 8.81. The minimum absolute atomic E-state index is 0.393. The predicted octanol–water partition coefficient (Wildman–Crippen LogP) is 3.49. The van der Waals surface area contributed by atoms with Crippen molar-refractivity contribution in [2.24, 2.45) is 5.92 Å². The van der Waals surface area contributed by atoms with Crippen molar-refractivity contribution < 1.29 is 4.79 Å². The lowest BCUT2D eigenvalue weighted by molar-refractivity contribution is -0.115. The van der Waals surface area contributed by atoms with Crippen molar-refractivity contribution in [1.82, 2.24) is 0 Å². The second-order valence-corrected chi connectivity index (χ2v) is 4.11. The van der Waals surface area contributed by atoms with E-state index in [-0.39, 0.29) is 0 Å². The highest BCUT2D eigenvalue weighted by Gasteiger charge is 2.19. The lowest BCUT2D eigenvalue weighted by atomic mass is 10.1. The van der Waals surface area contributed by atoms with Crippen LogP contribution in [0.5, 0.6) is 0 Å². The molecule has 74 valence electrons. The molecule has 0 aliphatic heterocycles. The average Bonchev–Trinajstić information content (AvgIpc) is 2.39. The molecule has 1 aliphatic carbocycles. The third-order valence-corrected chi connectivity index (χ3v) is 2.65. The van der Waals surface area contributed by atoms with Gasteiger partial charge in [-0.05, 0) is 24.3 Å². The summed E-state index contributed by atoms with van der Waals surface area (Å²) in [5.74, 6) is 0.887.